The average molecular weight is 361 g/mol. The Morgan fingerprint density at radius 1 is 1.16 bits per heavy atom. The molecule has 0 saturated heterocycles. The zero-order valence-electron chi connectivity index (χ0n) is 13.9. The maximum Gasteiger partial charge on any atom is 0.223 e. The first-order chi connectivity index (χ1) is 12.0. The highest BCUT2D eigenvalue weighted by Crippen LogP contribution is 2.28. The number of hydrogen-bond donors (Lipinski definition) is 2. The lowest BCUT2D eigenvalue weighted by Gasteiger charge is -2.28. The van der Waals surface area contributed by atoms with Gasteiger partial charge in [-0.15, -0.1) is 0 Å². The van der Waals surface area contributed by atoms with E-state index in [-0.39, 0.29) is 23.7 Å². The van der Waals surface area contributed by atoms with Crippen molar-refractivity contribution in [3.8, 4) is 0 Å². The zero-order valence-corrected chi connectivity index (χ0v) is 14.7. The molecule has 0 spiro atoms. The second-order valence-electron chi connectivity index (χ2n) is 6.68. The minimum Gasteiger partial charge on any atom is -0.345 e. The van der Waals surface area contributed by atoms with Gasteiger partial charge in [0, 0.05) is 17.0 Å². The van der Waals surface area contributed by atoms with Gasteiger partial charge in [0.15, 0.2) is 0 Å². The topological polar surface area (TPSA) is 55.1 Å². The molecule has 0 aliphatic heterocycles. The zero-order chi connectivity index (χ0) is 17.8. The molecule has 5 heteroatoms. The van der Waals surface area contributed by atoms with Crippen LogP contribution in [-0.2, 0) is 4.79 Å². The van der Waals surface area contributed by atoms with Crippen LogP contribution in [0.5, 0.6) is 0 Å². The summed E-state index contributed by atoms with van der Waals surface area (Å²) in [6.45, 7) is 0. The first-order valence-electron chi connectivity index (χ1n) is 8.60. The maximum atomic E-state index is 13.7. The minimum absolute atomic E-state index is 0.0376. The fourth-order valence-electron chi connectivity index (χ4n) is 3.46. The van der Waals surface area contributed by atoms with Crippen molar-refractivity contribution in [1.29, 1.82) is 0 Å². The van der Waals surface area contributed by atoms with Gasteiger partial charge in [0.05, 0.1) is 6.04 Å². The van der Waals surface area contributed by atoms with Crippen LogP contribution in [0.2, 0.25) is 5.02 Å². The summed E-state index contributed by atoms with van der Waals surface area (Å²) in [6.07, 6.45) is 3.45. The molecule has 25 heavy (non-hydrogen) atoms. The normalized spacial score (nSPS) is 21.6. The molecule has 3 N–H and O–H groups in total. The Labute approximate surface area is 152 Å². The van der Waals surface area contributed by atoms with E-state index in [9.17, 15) is 9.18 Å². The Morgan fingerprint density at radius 2 is 1.88 bits per heavy atom. The summed E-state index contributed by atoms with van der Waals surface area (Å²) in [4.78, 5) is 12.8. The predicted octanol–water partition coefficient (Wildman–Crippen LogP) is 4.20. The van der Waals surface area contributed by atoms with Crippen LogP contribution in [0.25, 0.3) is 0 Å². The lowest BCUT2D eigenvalue weighted by Crippen LogP contribution is -2.39. The number of amides is 1. The molecule has 0 radical (unpaired) electrons. The van der Waals surface area contributed by atoms with E-state index < -0.39 is 6.04 Å². The molecule has 1 fully saturated rings. The van der Waals surface area contributed by atoms with Crippen molar-refractivity contribution in [2.24, 2.45) is 11.7 Å². The molecule has 1 amide bonds. The molecule has 1 aliphatic rings. The molecule has 2 aromatic rings. The second-order valence-corrected chi connectivity index (χ2v) is 7.11. The van der Waals surface area contributed by atoms with E-state index in [0.717, 1.165) is 24.8 Å². The number of nitrogens with two attached hydrogens (primary N) is 1. The highest BCUT2D eigenvalue weighted by Gasteiger charge is 2.28. The third kappa shape index (κ3) is 4.59. The number of carbonyl (C=O) groups is 1. The van der Waals surface area contributed by atoms with Crippen LogP contribution in [0.3, 0.4) is 0 Å². The maximum absolute atomic E-state index is 13.7. The van der Waals surface area contributed by atoms with Crippen molar-refractivity contribution in [3.63, 3.8) is 0 Å². The van der Waals surface area contributed by atoms with Crippen LogP contribution in [0.15, 0.2) is 48.5 Å². The van der Waals surface area contributed by atoms with E-state index in [0.29, 0.717) is 17.0 Å². The van der Waals surface area contributed by atoms with Crippen LogP contribution in [0.4, 0.5) is 4.39 Å². The third-order valence-electron chi connectivity index (χ3n) is 4.74. The lowest BCUT2D eigenvalue weighted by atomic mass is 9.85. The summed E-state index contributed by atoms with van der Waals surface area (Å²) in [5.41, 5.74) is 7.52. The first-order valence-corrected chi connectivity index (χ1v) is 8.97. The van der Waals surface area contributed by atoms with E-state index in [4.69, 9.17) is 17.3 Å². The van der Waals surface area contributed by atoms with Gasteiger partial charge in [-0.25, -0.2) is 4.39 Å². The fourth-order valence-corrected chi connectivity index (χ4v) is 3.66. The molecule has 2 aromatic carbocycles. The standard InChI is InChI=1S/C20H22ClFN2O/c21-16-7-1-4-13(10-16)19(14-5-2-8-17(22)11-14)24-20(25)15-6-3-9-18(23)12-15/h1-2,4-5,7-8,10-11,15,18-19H,3,6,9,12,23H2,(H,24,25). The number of rotatable bonds is 4. The van der Waals surface area contributed by atoms with Gasteiger partial charge in [-0.1, -0.05) is 42.3 Å². The molecule has 1 saturated carbocycles. The largest absolute Gasteiger partial charge is 0.345 e. The molecule has 0 aromatic heterocycles. The van der Waals surface area contributed by atoms with Gasteiger partial charge >= 0.3 is 0 Å². The van der Waals surface area contributed by atoms with Gasteiger partial charge in [0.2, 0.25) is 5.91 Å². The van der Waals surface area contributed by atoms with Crippen LogP contribution in [0, 0.1) is 11.7 Å². The number of benzene rings is 2. The van der Waals surface area contributed by atoms with E-state index in [1.165, 1.54) is 12.1 Å². The number of carbonyl (C=O) groups excluding carboxylic acids is 1. The van der Waals surface area contributed by atoms with Crippen molar-refractivity contribution < 1.29 is 9.18 Å². The van der Waals surface area contributed by atoms with E-state index in [2.05, 4.69) is 5.32 Å². The molecular weight excluding hydrogens is 339 g/mol. The monoisotopic (exact) mass is 360 g/mol. The molecule has 3 unspecified atom stereocenters. The van der Waals surface area contributed by atoms with Gasteiger partial charge in [-0.2, -0.15) is 0 Å². The quantitative estimate of drug-likeness (QED) is 0.858. The Morgan fingerprint density at radius 3 is 2.56 bits per heavy atom. The minimum atomic E-state index is -0.444. The molecule has 0 bridgehead atoms. The molecule has 1 aliphatic carbocycles. The number of hydrogen-bond acceptors (Lipinski definition) is 2. The molecule has 0 heterocycles. The van der Waals surface area contributed by atoms with E-state index in [1.54, 1.807) is 18.2 Å². The van der Waals surface area contributed by atoms with Gasteiger partial charge in [-0.05, 0) is 54.7 Å². The fraction of sp³-hybridized carbons (Fsp3) is 0.350. The Kier molecular flexibility index (Phi) is 5.71. The highest BCUT2D eigenvalue weighted by molar-refractivity contribution is 6.30. The van der Waals surface area contributed by atoms with Crippen molar-refractivity contribution in [3.05, 3.63) is 70.5 Å². The van der Waals surface area contributed by atoms with Gasteiger partial charge in [0.25, 0.3) is 0 Å². The molecule has 132 valence electrons. The van der Waals surface area contributed by atoms with Crippen LogP contribution in [0.1, 0.15) is 42.9 Å². The van der Waals surface area contributed by atoms with Crippen molar-refractivity contribution in [2.45, 2.75) is 37.8 Å². The molecule has 3 nitrogen and oxygen atoms in total. The summed E-state index contributed by atoms with van der Waals surface area (Å²) in [6, 6.07) is 13.2. The van der Waals surface area contributed by atoms with Crippen LogP contribution < -0.4 is 11.1 Å². The van der Waals surface area contributed by atoms with Crippen LogP contribution >= 0.6 is 11.6 Å². The molecular formula is C20H22ClFN2O. The smallest absolute Gasteiger partial charge is 0.223 e. The highest BCUT2D eigenvalue weighted by atomic mass is 35.5. The Bertz CT molecular complexity index is 706. The van der Waals surface area contributed by atoms with Crippen LogP contribution in [-0.4, -0.2) is 11.9 Å². The average Bonchev–Trinajstić information content (AvgIpc) is 2.59. The van der Waals surface area contributed by atoms with E-state index in [1.807, 2.05) is 18.2 Å². The summed E-state index contributed by atoms with van der Waals surface area (Å²) >= 11 is 6.11. The third-order valence-corrected chi connectivity index (χ3v) is 4.97. The summed E-state index contributed by atoms with van der Waals surface area (Å²) in [7, 11) is 0. The van der Waals surface area contributed by atoms with Crippen molar-refractivity contribution in [1.82, 2.24) is 5.32 Å². The summed E-state index contributed by atoms with van der Waals surface area (Å²) in [5, 5.41) is 3.65. The number of halogens is 2. The van der Waals surface area contributed by atoms with Crippen molar-refractivity contribution >= 4 is 17.5 Å². The SMILES string of the molecule is NC1CCCC(C(=O)NC(c2cccc(F)c2)c2cccc(Cl)c2)C1. The first kappa shape index (κ1) is 17.9. The Balaban J connectivity index is 1.87. The van der Waals surface area contributed by atoms with Gasteiger partial charge in [0.1, 0.15) is 5.82 Å². The van der Waals surface area contributed by atoms with E-state index >= 15 is 0 Å². The summed E-state index contributed by atoms with van der Waals surface area (Å²) < 4.78 is 13.7. The summed E-state index contributed by atoms with van der Waals surface area (Å²) in [5.74, 6) is -0.471. The molecule has 3 rings (SSSR count). The molecule has 3 atom stereocenters. The van der Waals surface area contributed by atoms with Gasteiger partial charge in [-0.3, -0.25) is 4.79 Å². The van der Waals surface area contributed by atoms with Gasteiger partial charge < -0.3 is 11.1 Å². The second kappa shape index (κ2) is 7.98. The lowest BCUT2D eigenvalue weighted by molar-refractivity contribution is -0.126. The van der Waals surface area contributed by atoms with Crippen molar-refractivity contribution in [2.75, 3.05) is 0 Å². The Hall–Kier alpha value is -1.91. The predicted molar refractivity (Wildman–Crippen MR) is 97.8 cm³/mol. The number of nitrogens with one attached hydrogen (secondary N) is 1.